The van der Waals surface area contributed by atoms with E-state index in [1.54, 1.807) is 0 Å². The summed E-state index contributed by atoms with van der Waals surface area (Å²) in [5.41, 5.74) is 3.46. The van der Waals surface area contributed by atoms with Crippen molar-refractivity contribution in [3.63, 3.8) is 0 Å². The van der Waals surface area contributed by atoms with Crippen LogP contribution >= 0.6 is 0 Å². The Hall–Kier alpha value is -3.38. The Kier molecular flexibility index (Phi) is 5.80. The van der Waals surface area contributed by atoms with Gasteiger partial charge in [-0.2, -0.15) is 5.26 Å². The average Bonchev–Trinajstić information content (AvgIpc) is 2.73. The Morgan fingerprint density at radius 1 is 0.808 bits per heavy atom. The molecule has 2 unspecified atom stereocenters. The van der Waals surface area contributed by atoms with E-state index in [0.29, 0.717) is 12.1 Å². The van der Waals surface area contributed by atoms with Gasteiger partial charge in [-0.05, 0) is 16.7 Å². The summed E-state index contributed by atoms with van der Waals surface area (Å²) in [6.07, 6.45) is 0.470. The molecule has 26 heavy (non-hydrogen) atoms. The van der Waals surface area contributed by atoms with E-state index < -0.39 is 0 Å². The molecule has 0 heterocycles. The van der Waals surface area contributed by atoms with Gasteiger partial charge >= 0.3 is 0 Å². The molecule has 0 spiro atoms. The van der Waals surface area contributed by atoms with Crippen molar-refractivity contribution < 1.29 is 5.21 Å². The highest BCUT2D eigenvalue weighted by Crippen LogP contribution is 2.36. The fourth-order valence-corrected chi connectivity index (χ4v) is 3.24. The van der Waals surface area contributed by atoms with Crippen LogP contribution in [0.1, 0.15) is 34.9 Å². The number of hydrogen-bond acceptors (Lipinski definition) is 3. The van der Waals surface area contributed by atoms with E-state index in [9.17, 15) is 10.5 Å². The van der Waals surface area contributed by atoms with Crippen molar-refractivity contribution in [2.75, 3.05) is 0 Å². The van der Waals surface area contributed by atoms with Crippen molar-refractivity contribution >= 4 is 5.71 Å². The average molecular weight is 340 g/mol. The van der Waals surface area contributed by atoms with Gasteiger partial charge in [0.05, 0.1) is 17.7 Å². The highest BCUT2D eigenvalue weighted by atomic mass is 16.4. The van der Waals surface area contributed by atoms with Gasteiger partial charge in [0, 0.05) is 12.3 Å². The summed E-state index contributed by atoms with van der Waals surface area (Å²) in [5, 5.41) is 23.1. The Morgan fingerprint density at radius 3 is 1.81 bits per heavy atom. The number of rotatable bonds is 6. The summed E-state index contributed by atoms with van der Waals surface area (Å²) in [6.45, 7) is 0. The van der Waals surface area contributed by atoms with E-state index >= 15 is 0 Å². The van der Waals surface area contributed by atoms with Crippen molar-refractivity contribution in [2.24, 2.45) is 5.16 Å². The zero-order valence-electron chi connectivity index (χ0n) is 14.4. The third-order valence-electron chi connectivity index (χ3n) is 4.57. The van der Waals surface area contributed by atoms with Gasteiger partial charge in [0.15, 0.2) is 0 Å². The van der Waals surface area contributed by atoms with Crippen molar-refractivity contribution in [1.82, 2.24) is 0 Å². The van der Waals surface area contributed by atoms with E-state index in [2.05, 4.69) is 11.2 Å². The zero-order chi connectivity index (χ0) is 18.2. The molecule has 0 bridgehead atoms. The second-order valence-electron chi connectivity index (χ2n) is 6.15. The number of oxime groups is 1. The molecular formula is C23H20N2O. The highest BCUT2D eigenvalue weighted by Gasteiger charge is 2.27. The van der Waals surface area contributed by atoms with Crippen LogP contribution in [-0.2, 0) is 0 Å². The second kappa shape index (κ2) is 8.64. The minimum atomic E-state index is -0.334. The van der Waals surface area contributed by atoms with Gasteiger partial charge in [-0.3, -0.25) is 0 Å². The van der Waals surface area contributed by atoms with Gasteiger partial charge in [0.25, 0.3) is 0 Å². The second-order valence-corrected chi connectivity index (χ2v) is 6.15. The first-order chi connectivity index (χ1) is 12.8. The van der Waals surface area contributed by atoms with Crippen LogP contribution in [0.15, 0.2) is 96.2 Å². The molecule has 3 aromatic rings. The largest absolute Gasteiger partial charge is 0.411 e. The maximum Gasteiger partial charge on any atom is 0.0874 e. The minimum Gasteiger partial charge on any atom is -0.411 e. The molecule has 2 atom stereocenters. The molecule has 0 radical (unpaired) electrons. The third kappa shape index (κ3) is 3.99. The van der Waals surface area contributed by atoms with E-state index in [1.165, 1.54) is 0 Å². The quantitative estimate of drug-likeness (QED) is 0.374. The zero-order valence-corrected chi connectivity index (χ0v) is 14.4. The van der Waals surface area contributed by atoms with Crippen molar-refractivity contribution in [3.8, 4) is 6.07 Å². The normalized spacial score (nSPS) is 13.6. The number of benzene rings is 3. The lowest BCUT2D eigenvalue weighted by atomic mass is 9.78. The Morgan fingerprint density at radius 2 is 1.31 bits per heavy atom. The monoisotopic (exact) mass is 340 g/mol. The molecule has 128 valence electrons. The van der Waals surface area contributed by atoms with Crippen LogP contribution in [0, 0.1) is 11.3 Å². The summed E-state index contributed by atoms with van der Waals surface area (Å²) in [5.74, 6) is -0.450. The first kappa shape index (κ1) is 17.4. The molecule has 3 heteroatoms. The Labute approximate surface area is 153 Å². The third-order valence-corrected chi connectivity index (χ3v) is 4.57. The maximum absolute atomic E-state index is 9.91. The minimum absolute atomic E-state index is 0.116. The predicted octanol–water partition coefficient (Wildman–Crippen LogP) is 5.35. The summed E-state index contributed by atoms with van der Waals surface area (Å²) < 4.78 is 0. The number of nitrogens with zero attached hydrogens (tertiary/aromatic N) is 2. The molecule has 0 amide bonds. The molecule has 0 aromatic heterocycles. The summed E-state index contributed by atoms with van der Waals surface area (Å²) >= 11 is 0. The van der Waals surface area contributed by atoms with Crippen molar-refractivity contribution in [3.05, 3.63) is 108 Å². The molecule has 3 aromatic carbocycles. The Bertz CT molecular complexity index is 884. The van der Waals surface area contributed by atoms with E-state index in [1.807, 2.05) is 91.0 Å². The van der Waals surface area contributed by atoms with Crippen LogP contribution in [0.4, 0.5) is 0 Å². The molecule has 0 aliphatic heterocycles. The van der Waals surface area contributed by atoms with Crippen LogP contribution in [0.2, 0.25) is 0 Å². The maximum atomic E-state index is 9.91. The molecule has 0 saturated heterocycles. The molecule has 0 saturated carbocycles. The topological polar surface area (TPSA) is 56.4 Å². The van der Waals surface area contributed by atoms with Gasteiger partial charge in [-0.1, -0.05) is 96.2 Å². The van der Waals surface area contributed by atoms with Gasteiger partial charge in [0.2, 0.25) is 0 Å². The van der Waals surface area contributed by atoms with E-state index in [-0.39, 0.29) is 11.8 Å². The molecule has 0 aliphatic rings. The lowest BCUT2D eigenvalue weighted by Crippen LogP contribution is -2.15. The Balaban J connectivity index is 2.00. The van der Waals surface area contributed by atoms with Gasteiger partial charge in [-0.25, -0.2) is 0 Å². The fourth-order valence-electron chi connectivity index (χ4n) is 3.24. The summed E-state index contributed by atoms with van der Waals surface area (Å²) in [4.78, 5) is 0. The summed E-state index contributed by atoms with van der Waals surface area (Å²) in [7, 11) is 0. The van der Waals surface area contributed by atoms with Crippen LogP contribution in [0.5, 0.6) is 0 Å². The first-order valence-electron chi connectivity index (χ1n) is 8.59. The van der Waals surface area contributed by atoms with Gasteiger partial charge in [0.1, 0.15) is 0 Å². The van der Waals surface area contributed by atoms with Crippen LogP contribution in [0.3, 0.4) is 0 Å². The fraction of sp³-hybridized carbons (Fsp3) is 0.130. The molecule has 0 fully saturated rings. The lowest BCUT2D eigenvalue weighted by Gasteiger charge is -2.23. The first-order valence-corrected chi connectivity index (χ1v) is 8.59. The number of nitriles is 1. The van der Waals surface area contributed by atoms with Crippen LogP contribution in [0.25, 0.3) is 0 Å². The SMILES string of the molecule is N#CC(c1ccccc1)C(C/C(=N\O)c1ccccc1)c1ccccc1. The smallest absolute Gasteiger partial charge is 0.0874 e. The predicted molar refractivity (Wildman–Crippen MR) is 103 cm³/mol. The molecule has 3 rings (SSSR count). The molecule has 1 N–H and O–H groups in total. The highest BCUT2D eigenvalue weighted by molar-refractivity contribution is 6.00. The van der Waals surface area contributed by atoms with Gasteiger partial charge in [-0.15, -0.1) is 0 Å². The molecule has 0 aliphatic carbocycles. The summed E-state index contributed by atoms with van der Waals surface area (Å²) in [6, 6.07) is 31.8. The molecular weight excluding hydrogens is 320 g/mol. The lowest BCUT2D eigenvalue weighted by molar-refractivity contribution is 0.317. The van der Waals surface area contributed by atoms with Crippen LogP contribution in [-0.4, -0.2) is 10.9 Å². The van der Waals surface area contributed by atoms with Crippen molar-refractivity contribution in [1.29, 1.82) is 5.26 Å². The molecule has 3 nitrogen and oxygen atoms in total. The van der Waals surface area contributed by atoms with E-state index in [4.69, 9.17) is 0 Å². The number of hydrogen-bond donors (Lipinski definition) is 1. The van der Waals surface area contributed by atoms with E-state index in [0.717, 1.165) is 16.7 Å². The van der Waals surface area contributed by atoms with Crippen molar-refractivity contribution in [2.45, 2.75) is 18.3 Å². The van der Waals surface area contributed by atoms with Gasteiger partial charge < -0.3 is 5.21 Å². The standard InChI is InChI=1S/C23H20N2O/c24-17-22(19-12-6-2-7-13-19)21(18-10-4-1-5-11-18)16-23(25-26)20-14-8-3-9-15-20/h1-15,21-22,26H,16H2/b25-23+. The van der Waals surface area contributed by atoms with Crippen LogP contribution < -0.4 is 0 Å².